The van der Waals surface area contributed by atoms with Gasteiger partial charge in [-0.2, -0.15) is 0 Å². The van der Waals surface area contributed by atoms with Crippen molar-refractivity contribution in [2.24, 2.45) is 5.92 Å². The molecule has 1 aromatic rings. The number of sulfonamides is 1. The molecule has 0 radical (unpaired) electrons. The van der Waals surface area contributed by atoms with Crippen LogP contribution >= 0.6 is 0 Å². The second-order valence-electron chi connectivity index (χ2n) is 3.82. The Hall–Kier alpha value is -1.01. The zero-order valence-corrected chi connectivity index (χ0v) is 9.81. The minimum atomic E-state index is -3.89. The summed E-state index contributed by atoms with van der Waals surface area (Å²) >= 11 is 0. The molecule has 0 aliphatic carbocycles. The monoisotopic (exact) mass is 249 g/mol. The Bertz CT molecular complexity index is 472. The number of benzene rings is 1. The van der Waals surface area contributed by atoms with Crippen molar-refractivity contribution in [3.05, 3.63) is 29.8 Å². The lowest BCUT2D eigenvalue weighted by Gasteiger charge is -2.09. The zero-order chi connectivity index (χ0) is 12.3. The van der Waals surface area contributed by atoms with Crippen LogP contribution in [0, 0.1) is 17.6 Å². The van der Waals surface area contributed by atoms with Gasteiger partial charge < -0.3 is 0 Å². The van der Waals surface area contributed by atoms with Crippen LogP contribution in [0.15, 0.2) is 23.1 Å². The van der Waals surface area contributed by atoms with E-state index in [4.69, 9.17) is 0 Å². The van der Waals surface area contributed by atoms with Gasteiger partial charge in [-0.15, -0.1) is 0 Å². The fraction of sp³-hybridized carbons (Fsp3) is 0.400. The van der Waals surface area contributed by atoms with Gasteiger partial charge in [0, 0.05) is 12.6 Å². The maximum Gasteiger partial charge on any atom is 0.243 e. The molecule has 0 fully saturated rings. The van der Waals surface area contributed by atoms with E-state index in [-0.39, 0.29) is 12.5 Å². The summed E-state index contributed by atoms with van der Waals surface area (Å²) < 4.78 is 51.2. The molecule has 1 aromatic carbocycles. The molecular weight excluding hydrogens is 236 g/mol. The van der Waals surface area contributed by atoms with E-state index in [0.717, 1.165) is 12.1 Å². The molecule has 0 bridgehead atoms. The fourth-order valence-electron chi connectivity index (χ4n) is 1.05. The van der Waals surface area contributed by atoms with Crippen molar-refractivity contribution in [1.82, 2.24) is 4.72 Å². The first-order valence-corrected chi connectivity index (χ1v) is 6.26. The van der Waals surface area contributed by atoms with Crippen molar-refractivity contribution < 1.29 is 17.2 Å². The minimum absolute atomic E-state index is 0.110. The van der Waals surface area contributed by atoms with E-state index in [1.165, 1.54) is 0 Å². The van der Waals surface area contributed by atoms with Gasteiger partial charge in [0.15, 0.2) is 0 Å². The van der Waals surface area contributed by atoms with Crippen molar-refractivity contribution in [2.75, 3.05) is 6.54 Å². The maximum absolute atomic E-state index is 13.2. The quantitative estimate of drug-likeness (QED) is 0.885. The molecule has 16 heavy (non-hydrogen) atoms. The molecule has 1 N–H and O–H groups in total. The van der Waals surface area contributed by atoms with Crippen LogP contribution in [-0.2, 0) is 10.0 Å². The van der Waals surface area contributed by atoms with Gasteiger partial charge in [0.05, 0.1) is 0 Å². The molecule has 0 atom stereocenters. The van der Waals surface area contributed by atoms with E-state index in [2.05, 4.69) is 4.72 Å². The van der Waals surface area contributed by atoms with Crippen LogP contribution in [0.1, 0.15) is 13.8 Å². The smallest absolute Gasteiger partial charge is 0.211 e. The average Bonchev–Trinajstić information content (AvgIpc) is 2.14. The number of rotatable bonds is 4. The Balaban J connectivity index is 2.99. The standard InChI is InChI=1S/C10H13F2NO2S/c1-7(2)6-13-16(14,15)10-4-3-8(11)5-9(10)12/h3-5,7,13H,6H2,1-2H3. The van der Waals surface area contributed by atoms with Crippen LogP contribution in [0.3, 0.4) is 0 Å². The highest BCUT2D eigenvalue weighted by Gasteiger charge is 2.19. The van der Waals surface area contributed by atoms with Crippen molar-refractivity contribution in [2.45, 2.75) is 18.7 Å². The molecule has 1 rings (SSSR count). The molecule has 0 spiro atoms. The van der Waals surface area contributed by atoms with E-state index in [1.54, 1.807) is 0 Å². The minimum Gasteiger partial charge on any atom is -0.211 e. The lowest BCUT2D eigenvalue weighted by Crippen LogP contribution is -2.28. The Morgan fingerprint density at radius 3 is 2.44 bits per heavy atom. The second-order valence-corrected chi connectivity index (χ2v) is 5.56. The van der Waals surface area contributed by atoms with Crippen LogP contribution in [0.25, 0.3) is 0 Å². The highest BCUT2D eigenvalue weighted by molar-refractivity contribution is 7.89. The highest BCUT2D eigenvalue weighted by atomic mass is 32.2. The summed E-state index contributed by atoms with van der Waals surface area (Å²) in [5.41, 5.74) is 0. The van der Waals surface area contributed by atoms with Crippen molar-refractivity contribution in [3.8, 4) is 0 Å². The summed E-state index contributed by atoms with van der Waals surface area (Å²) in [6.45, 7) is 3.85. The van der Waals surface area contributed by atoms with Crippen LogP contribution in [0.5, 0.6) is 0 Å². The molecule has 0 saturated carbocycles. The van der Waals surface area contributed by atoms with Gasteiger partial charge in [0.2, 0.25) is 10.0 Å². The fourth-order valence-corrected chi connectivity index (χ4v) is 2.32. The maximum atomic E-state index is 13.2. The number of nitrogens with one attached hydrogen (secondary N) is 1. The lowest BCUT2D eigenvalue weighted by atomic mass is 10.2. The lowest BCUT2D eigenvalue weighted by molar-refractivity contribution is 0.535. The van der Waals surface area contributed by atoms with Gasteiger partial charge in [-0.1, -0.05) is 13.8 Å². The molecule has 0 aliphatic rings. The molecule has 0 saturated heterocycles. The van der Waals surface area contributed by atoms with Gasteiger partial charge in [-0.3, -0.25) is 0 Å². The number of hydrogen-bond acceptors (Lipinski definition) is 2. The normalized spacial score (nSPS) is 12.1. The van der Waals surface area contributed by atoms with E-state index in [9.17, 15) is 17.2 Å². The van der Waals surface area contributed by atoms with Crippen LogP contribution in [-0.4, -0.2) is 15.0 Å². The Morgan fingerprint density at radius 1 is 1.31 bits per heavy atom. The molecule has 0 heterocycles. The highest BCUT2D eigenvalue weighted by Crippen LogP contribution is 2.15. The Kier molecular flexibility index (Phi) is 3.98. The summed E-state index contributed by atoms with van der Waals surface area (Å²) in [7, 11) is -3.89. The molecule has 0 amide bonds. The number of hydrogen-bond donors (Lipinski definition) is 1. The first-order chi connectivity index (χ1) is 7.33. The predicted molar refractivity (Wildman–Crippen MR) is 56.4 cm³/mol. The molecule has 0 aromatic heterocycles. The third kappa shape index (κ3) is 3.24. The van der Waals surface area contributed by atoms with Crippen LogP contribution < -0.4 is 4.72 Å². The third-order valence-corrected chi connectivity index (χ3v) is 3.32. The van der Waals surface area contributed by atoms with Gasteiger partial charge in [-0.25, -0.2) is 21.9 Å². The molecule has 6 heteroatoms. The molecule has 0 aliphatic heterocycles. The second kappa shape index (κ2) is 4.88. The van der Waals surface area contributed by atoms with Gasteiger partial charge in [0.1, 0.15) is 16.5 Å². The molecule has 90 valence electrons. The SMILES string of the molecule is CC(C)CNS(=O)(=O)c1ccc(F)cc1F. The van der Waals surface area contributed by atoms with Crippen LogP contribution in [0.2, 0.25) is 0 Å². The molecular formula is C10H13F2NO2S. The molecule has 3 nitrogen and oxygen atoms in total. The third-order valence-electron chi connectivity index (χ3n) is 1.87. The topological polar surface area (TPSA) is 46.2 Å². The summed E-state index contributed by atoms with van der Waals surface area (Å²) in [5.74, 6) is -1.78. The summed E-state index contributed by atoms with van der Waals surface area (Å²) in [6, 6.07) is 2.37. The Labute approximate surface area is 93.5 Å². The van der Waals surface area contributed by atoms with Gasteiger partial charge >= 0.3 is 0 Å². The van der Waals surface area contributed by atoms with Gasteiger partial charge in [-0.05, 0) is 18.1 Å². The summed E-state index contributed by atoms with van der Waals surface area (Å²) in [4.78, 5) is -0.533. The van der Waals surface area contributed by atoms with E-state index in [0.29, 0.717) is 6.07 Å². The number of halogens is 2. The Morgan fingerprint density at radius 2 is 1.94 bits per heavy atom. The van der Waals surface area contributed by atoms with Crippen molar-refractivity contribution in [1.29, 1.82) is 0 Å². The zero-order valence-electron chi connectivity index (χ0n) is 9.00. The largest absolute Gasteiger partial charge is 0.243 e. The predicted octanol–water partition coefficient (Wildman–Crippen LogP) is 1.90. The van der Waals surface area contributed by atoms with Crippen LogP contribution in [0.4, 0.5) is 8.78 Å². The van der Waals surface area contributed by atoms with Gasteiger partial charge in [0.25, 0.3) is 0 Å². The van der Waals surface area contributed by atoms with Crippen molar-refractivity contribution in [3.63, 3.8) is 0 Å². The molecule has 0 unspecified atom stereocenters. The average molecular weight is 249 g/mol. The van der Waals surface area contributed by atoms with E-state index >= 15 is 0 Å². The van der Waals surface area contributed by atoms with E-state index in [1.807, 2.05) is 13.8 Å². The first kappa shape index (κ1) is 13.1. The van der Waals surface area contributed by atoms with E-state index < -0.39 is 26.6 Å². The van der Waals surface area contributed by atoms with Crippen molar-refractivity contribution >= 4 is 10.0 Å². The summed E-state index contributed by atoms with van der Waals surface area (Å²) in [6.07, 6.45) is 0. The first-order valence-electron chi connectivity index (χ1n) is 4.77. The summed E-state index contributed by atoms with van der Waals surface area (Å²) in [5, 5.41) is 0.